The van der Waals surface area contributed by atoms with Crippen LogP contribution in [0.5, 0.6) is 0 Å². The molecule has 4 rings (SSSR count). The van der Waals surface area contributed by atoms with Crippen LogP contribution in [0, 0.1) is 0 Å². The van der Waals surface area contributed by atoms with Gasteiger partial charge in [0.05, 0.1) is 18.9 Å². The van der Waals surface area contributed by atoms with Gasteiger partial charge in [-0.1, -0.05) is 62.9 Å². The quantitative estimate of drug-likeness (QED) is 0.413. The number of allylic oxidation sites excluding steroid dienone is 3. The van der Waals surface area contributed by atoms with Crippen molar-refractivity contribution in [2.24, 2.45) is 0 Å². The lowest BCUT2D eigenvalue weighted by molar-refractivity contribution is 0.0639. The van der Waals surface area contributed by atoms with Crippen LogP contribution in [-0.4, -0.2) is 44.8 Å². The smallest absolute Gasteiger partial charge is 0.0642 e. The van der Waals surface area contributed by atoms with E-state index in [4.69, 9.17) is 4.74 Å². The molecule has 0 aromatic heterocycles. The summed E-state index contributed by atoms with van der Waals surface area (Å²) in [6, 6.07) is 15.7. The molecule has 0 bridgehead atoms. The number of nitrogens with zero attached hydrogens (tertiary/aromatic N) is 3. The fraction of sp³-hybridized carbons (Fsp3) is 0.355. The summed E-state index contributed by atoms with van der Waals surface area (Å²) in [5, 5.41) is 0. The number of benzene rings is 2. The second kappa shape index (κ2) is 11.5. The first kappa shape index (κ1) is 24.9. The van der Waals surface area contributed by atoms with E-state index in [1.165, 1.54) is 39.5 Å². The third kappa shape index (κ3) is 5.38. The molecule has 2 aliphatic heterocycles. The van der Waals surface area contributed by atoms with Gasteiger partial charge in [-0.05, 0) is 55.2 Å². The highest BCUT2D eigenvalue weighted by molar-refractivity contribution is 5.88. The maximum absolute atomic E-state index is 5.63. The summed E-state index contributed by atoms with van der Waals surface area (Å²) in [6.45, 7) is 15.1. The topological polar surface area (TPSA) is 19.0 Å². The van der Waals surface area contributed by atoms with Crippen molar-refractivity contribution in [2.45, 2.75) is 33.6 Å². The number of likely N-dealkylation sites (N-methyl/N-ethyl adjacent to an activating group) is 1. The van der Waals surface area contributed by atoms with Gasteiger partial charge in [-0.2, -0.15) is 0 Å². The molecule has 2 aliphatic rings. The standard InChI is InChI=1S/C31H39N3O/c1-6-9-11-25-12-14-26(15-13-25)29(10-7-2)32(5)27-16-17-30-28(23-27)31(22-24(4)34(30)8-3)33-18-20-35-21-19-33/h9-17,22-23H,4,6-8,18-21H2,1-3,5H3/b11-9+,29-10?. The molecule has 0 spiro atoms. The second-order valence-electron chi connectivity index (χ2n) is 9.06. The van der Waals surface area contributed by atoms with Crippen molar-refractivity contribution in [3.63, 3.8) is 0 Å². The van der Waals surface area contributed by atoms with Crippen LogP contribution in [0.4, 0.5) is 11.4 Å². The summed E-state index contributed by atoms with van der Waals surface area (Å²) >= 11 is 0. The fourth-order valence-electron chi connectivity index (χ4n) is 4.88. The first-order chi connectivity index (χ1) is 17.1. The molecular formula is C31H39N3O. The van der Waals surface area contributed by atoms with Crippen molar-refractivity contribution in [3.05, 3.63) is 89.7 Å². The maximum atomic E-state index is 5.63. The van der Waals surface area contributed by atoms with Crippen LogP contribution >= 0.6 is 0 Å². The third-order valence-corrected chi connectivity index (χ3v) is 6.76. The van der Waals surface area contributed by atoms with E-state index in [0.29, 0.717) is 0 Å². The largest absolute Gasteiger partial charge is 0.378 e. The van der Waals surface area contributed by atoms with Gasteiger partial charge in [0.2, 0.25) is 0 Å². The highest BCUT2D eigenvalue weighted by atomic mass is 16.5. The lowest BCUT2D eigenvalue weighted by atomic mass is 9.99. The van der Waals surface area contributed by atoms with Crippen LogP contribution in [-0.2, 0) is 4.74 Å². The minimum Gasteiger partial charge on any atom is -0.378 e. The maximum Gasteiger partial charge on any atom is 0.0642 e. The molecule has 0 radical (unpaired) electrons. The zero-order valence-corrected chi connectivity index (χ0v) is 21.8. The number of hydrogen-bond donors (Lipinski definition) is 0. The molecule has 0 aliphatic carbocycles. The predicted octanol–water partition coefficient (Wildman–Crippen LogP) is 7.02. The molecule has 0 atom stereocenters. The molecule has 0 N–H and O–H groups in total. The van der Waals surface area contributed by atoms with Crippen molar-refractivity contribution in [1.29, 1.82) is 0 Å². The van der Waals surface area contributed by atoms with E-state index in [1.807, 2.05) is 0 Å². The molecule has 4 heteroatoms. The van der Waals surface area contributed by atoms with Gasteiger partial charge in [-0.25, -0.2) is 0 Å². The number of anilines is 2. The summed E-state index contributed by atoms with van der Waals surface area (Å²) in [5.41, 5.74) is 9.67. The van der Waals surface area contributed by atoms with E-state index < -0.39 is 0 Å². The SMILES string of the molecule is C=C1C=C(N2CCOCC2)c2cc(N(C)C(=CCC)c3ccc(/C=C/CC)cc3)ccc2N1CC. The summed E-state index contributed by atoms with van der Waals surface area (Å²) in [7, 11) is 2.17. The Hall–Kier alpha value is -3.24. The number of morpholine rings is 1. The summed E-state index contributed by atoms with van der Waals surface area (Å²) in [6.07, 6.45) is 11.0. The van der Waals surface area contributed by atoms with E-state index >= 15 is 0 Å². The van der Waals surface area contributed by atoms with Gasteiger partial charge in [0.1, 0.15) is 0 Å². The molecule has 184 valence electrons. The van der Waals surface area contributed by atoms with Crippen LogP contribution in [0.15, 0.2) is 73.0 Å². The van der Waals surface area contributed by atoms with Crippen molar-refractivity contribution in [1.82, 2.24) is 4.90 Å². The molecule has 4 nitrogen and oxygen atoms in total. The molecule has 1 fully saturated rings. The van der Waals surface area contributed by atoms with Gasteiger partial charge in [0.25, 0.3) is 0 Å². The fourth-order valence-corrected chi connectivity index (χ4v) is 4.88. The molecule has 0 amide bonds. The zero-order valence-electron chi connectivity index (χ0n) is 21.8. The van der Waals surface area contributed by atoms with E-state index in [2.05, 4.69) is 116 Å². The molecule has 0 saturated carbocycles. The van der Waals surface area contributed by atoms with Gasteiger partial charge < -0.3 is 19.4 Å². The second-order valence-corrected chi connectivity index (χ2v) is 9.06. The van der Waals surface area contributed by atoms with Gasteiger partial charge in [0, 0.05) is 55.0 Å². The van der Waals surface area contributed by atoms with Crippen molar-refractivity contribution in [3.8, 4) is 0 Å². The van der Waals surface area contributed by atoms with Crippen LogP contribution in [0.2, 0.25) is 0 Å². The average molecular weight is 470 g/mol. The zero-order chi connectivity index (χ0) is 24.8. The highest BCUT2D eigenvalue weighted by Crippen LogP contribution is 2.40. The Morgan fingerprint density at radius 2 is 1.77 bits per heavy atom. The molecule has 2 aromatic rings. The molecule has 1 saturated heterocycles. The first-order valence-corrected chi connectivity index (χ1v) is 12.9. The Labute approximate surface area is 211 Å². The normalized spacial score (nSPS) is 16.5. The minimum atomic E-state index is 0.767. The van der Waals surface area contributed by atoms with E-state index in [9.17, 15) is 0 Å². The number of ether oxygens (including phenoxy) is 1. The lowest BCUT2D eigenvalue weighted by Crippen LogP contribution is -2.37. The predicted molar refractivity (Wildman–Crippen MR) is 151 cm³/mol. The molecule has 0 unspecified atom stereocenters. The van der Waals surface area contributed by atoms with Crippen LogP contribution in [0.3, 0.4) is 0 Å². The van der Waals surface area contributed by atoms with Crippen LogP contribution in [0.25, 0.3) is 17.5 Å². The first-order valence-electron chi connectivity index (χ1n) is 12.9. The van der Waals surface area contributed by atoms with Gasteiger partial charge in [-0.15, -0.1) is 0 Å². The Morgan fingerprint density at radius 1 is 1.03 bits per heavy atom. The summed E-state index contributed by atoms with van der Waals surface area (Å²) in [4.78, 5) is 7.06. The summed E-state index contributed by atoms with van der Waals surface area (Å²) in [5.74, 6) is 0. The van der Waals surface area contributed by atoms with E-state index in [1.54, 1.807) is 0 Å². The van der Waals surface area contributed by atoms with Gasteiger partial charge >= 0.3 is 0 Å². The van der Waals surface area contributed by atoms with E-state index in [0.717, 1.165) is 51.4 Å². The van der Waals surface area contributed by atoms with Crippen LogP contribution in [0.1, 0.15) is 50.3 Å². The Morgan fingerprint density at radius 3 is 2.43 bits per heavy atom. The average Bonchev–Trinajstić information content (AvgIpc) is 2.90. The van der Waals surface area contributed by atoms with Crippen LogP contribution < -0.4 is 9.80 Å². The van der Waals surface area contributed by atoms with Crippen molar-refractivity contribution in [2.75, 3.05) is 49.7 Å². The Bertz CT molecular complexity index is 1120. The highest BCUT2D eigenvalue weighted by Gasteiger charge is 2.26. The summed E-state index contributed by atoms with van der Waals surface area (Å²) < 4.78 is 5.63. The number of fused-ring (bicyclic) bond motifs is 1. The third-order valence-electron chi connectivity index (χ3n) is 6.76. The monoisotopic (exact) mass is 469 g/mol. The molecule has 2 aromatic carbocycles. The van der Waals surface area contributed by atoms with Gasteiger partial charge in [0.15, 0.2) is 0 Å². The minimum absolute atomic E-state index is 0.767. The molecule has 35 heavy (non-hydrogen) atoms. The van der Waals surface area contributed by atoms with E-state index in [-0.39, 0.29) is 0 Å². The number of rotatable bonds is 8. The van der Waals surface area contributed by atoms with Gasteiger partial charge in [-0.3, -0.25) is 0 Å². The molecular weight excluding hydrogens is 430 g/mol. The Kier molecular flexibility index (Phi) is 8.14. The Balaban J connectivity index is 1.70. The molecule has 2 heterocycles. The lowest BCUT2D eigenvalue weighted by Gasteiger charge is -2.38. The number of hydrogen-bond acceptors (Lipinski definition) is 4. The van der Waals surface area contributed by atoms with Crippen molar-refractivity contribution < 1.29 is 4.74 Å². The van der Waals surface area contributed by atoms with Crippen molar-refractivity contribution >= 4 is 28.8 Å².